The highest BCUT2D eigenvalue weighted by Gasteiger charge is 2.52. The molecule has 2 unspecified atom stereocenters. The largest absolute Gasteiger partial charge is 0.356 e. The van der Waals surface area contributed by atoms with Crippen molar-refractivity contribution >= 4 is 40.6 Å². The Morgan fingerprint density at radius 2 is 1.80 bits per heavy atom. The Hall–Kier alpha value is -0.280. The summed E-state index contributed by atoms with van der Waals surface area (Å²) >= 11 is 16.4. The molecule has 5 heteroatoms. The summed E-state index contributed by atoms with van der Waals surface area (Å²) in [5, 5.41) is 0. The maximum atomic E-state index is 11.5. The van der Waals surface area contributed by atoms with Gasteiger partial charge >= 0.3 is 0 Å². The number of carbonyl (C=O) groups excluding carboxylic acids is 1. The lowest BCUT2D eigenvalue weighted by Gasteiger charge is -2.05. The van der Waals surface area contributed by atoms with Crippen molar-refractivity contribution in [3.8, 4) is 0 Å². The lowest BCUT2D eigenvalue weighted by atomic mass is 10.1. The minimum Gasteiger partial charge on any atom is -0.356 e. The molecule has 0 amide bonds. The zero-order chi connectivity index (χ0) is 11.1. The molecule has 15 heavy (non-hydrogen) atoms. The third-order valence-corrected chi connectivity index (χ3v) is 2.72. The second-order valence-corrected chi connectivity index (χ2v) is 5.53. The van der Waals surface area contributed by atoms with Crippen LogP contribution in [0, 0.1) is 0 Å². The second kappa shape index (κ2) is 3.95. The fourth-order valence-corrected chi connectivity index (χ4v) is 1.69. The highest BCUT2D eigenvalue weighted by atomic mass is 35.6. The number of halogens is 3. The predicted molar refractivity (Wildman–Crippen MR) is 59.4 cm³/mol. The van der Waals surface area contributed by atoms with Crippen molar-refractivity contribution in [3.63, 3.8) is 0 Å². The summed E-state index contributed by atoms with van der Waals surface area (Å²) in [5.41, 5.74) is 0.921. The SMILES string of the molecule is O=C(C1OC1c1ccccc1)C(Cl)(Cl)Cl. The molecule has 1 aliphatic heterocycles. The monoisotopic (exact) mass is 264 g/mol. The maximum absolute atomic E-state index is 11.5. The number of hydrogen-bond donors (Lipinski definition) is 0. The molecule has 1 heterocycles. The number of epoxide rings is 1. The van der Waals surface area contributed by atoms with E-state index in [9.17, 15) is 4.79 Å². The van der Waals surface area contributed by atoms with Crippen LogP contribution in [0.5, 0.6) is 0 Å². The quantitative estimate of drug-likeness (QED) is 0.607. The van der Waals surface area contributed by atoms with Crippen LogP contribution < -0.4 is 0 Å². The van der Waals surface area contributed by atoms with Gasteiger partial charge in [0.15, 0.2) is 6.10 Å². The normalized spacial score (nSPS) is 25.0. The molecule has 0 N–H and O–H groups in total. The summed E-state index contributed by atoms with van der Waals surface area (Å²) in [6.07, 6.45) is -0.894. The molecule has 1 aromatic rings. The molecule has 2 rings (SSSR count). The summed E-state index contributed by atoms with van der Waals surface area (Å²) in [7, 11) is 0. The Morgan fingerprint density at radius 1 is 1.20 bits per heavy atom. The Bertz CT molecular complexity index is 372. The lowest BCUT2D eigenvalue weighted by molar-refractivity contribution is -0.119. The number of ether oxygens (including phenoxy) is 1. The van der Waals surface area contributed by atoms with Gasteiger partial charge in [0.2, 0.25) is 5.78 Å². The van der Waals surface area contributed by atoms with Crippen molar-refractivity contribution in [1.82, 2.24) is 0 Å². The van der Waals surface area contributed by atoms with Crippen LogP contribution in [0.3, 0.4) is 0 Å². The van der Waals surface area contributed by atoms with E-state index in [-0.39, 0.29) is 6.10 Å². The Morgan fingerprint density at radius 3 is 2.33 bits per heavy atom. The number of benzene rings is 1. The van der Waals surface area contributed by atoms with Crippen molar-refractivity contribution in [2.75, 3.05) is 0 Å². The lowest BCUT2D eigenvalue weighted by Crippen LogP contribution is -2.24. The van der Waals surface area contributed by atoms with E-state index >= 15 is 0 Å². The van der Waals surface area contributed by atoms with Gasteiger partial charge in [-0.05, 0) is 5.56 Å². The summed E-state index contributed by atoms with van der Waals surface area (Å²) in [5.74, 6) is -0.513. The summed E-state index contributed by atoms with van der Waals surface area (Å²) < 4.78 is 3.29. The number of alkyl halides is 3. The van der Waals surface area contributed by atoms with Gasteiger partial charge in [0.05, 0.1) is 0 Å². The van der Waals surface area contributed by atoms with Gasteiger partial charge in [-0.2, -0.15) is 0 Å². The van der Waals surface area contributed by atoms with Crippen LogP contribution in [-0.4, -0.2) is 15.7 Å². The molecular formula is C10H7Cl3O2. The molecule has 0 radical (unpaired) electrons. The number of rotatable bonds is 2. The number of ketones is 1. The van der Waals surface area contributed by atoms with Crippen molar-refractivity contribution < 1.29 is 9.53 Å². The van der Waals surface area contributed by atoms with Crippen LogP contribution in [0.4, 0.5) is 0 Å². The highest BCUT2D eigenvalue weighted by molar-refractivity contribution is 6.76. The summed E-state index contributed by atoms with van der Waals surface area (Å²) in [6, 6.07) is 9.37. The zero-order valence-corrected chi connectivity index (χ0v) is 9.76. The van der Waals surface area contributed by atoms with E-state index in [1.54, 1.807) is 0 Å². The first-order valence-electron chi connectivity index (χ1n) is 4.31. The summed E-state index contributed by atoms with van der Waals surface area (Å²) in [6.45, 7) is 0. The van der Waals surface area contributed by atoms with E-state index < -0.39 is 15.7 Å². The van der Waals surface area contributed by atoms with E-state index in [1.165, 1.54) is 0 Å². The van der Waals surface area contributed by atoms with Crippen molar-refractivity contribution in [3.05, 3.63) is 35.9 Å². The average molecular weight is 266 g/mol. The van der Waals surface area contributed by atoms with E-state index in [0.29, 0.717) is 0 Å². The van der Waals surface area contributed by atoms with Crippen LogP contribution in [0.1, 0.15) is 11.7 Å². The van der Waals surface area contributed by atoms with Crippen molar-refractivity contribution in [2.24, 2.45) is 0 Å². The van der Waals surface area contributed by atoms with E-state index in [2.05, 4.69) is 0 Å². The maximum Gasteiger partial charge on any atom is 0.251 e. The fourth-order valence-electron chi connectivity index (χ4n) is 1.37. The first-order valence-corrected chi connectivity index (χ1v) is 5.45. The zero-order valence-electron chi connectivity index (χ0n) is 7.49. The molecule has 1 aliphatic rings. The van der Waals surface area contributed by atoms with Crippen LogP contribution >= 0.6 is 34.8 Å². The molecule has 2 atom stereocenters. The molecule has 0 spiro atoms. The van der Waals surface area contributed by atoms with Crippen LogP contribution in [0.2, 0.25) is 0 Å². The fraction of sp³-hybridized carbons (Fsp3) is 0.300. The van der Waals surface area contributed by atoms with Gasteiger partial charge in [0, 0.05) is 0 Å². The molecule has 0 aromatic heterocycles. The minimum absolute atomic E-state index is 0.269. The Kier molecular flexibility index (Phi) is 2.95. The van der Waals surface area contributed by atoms with Gasteiger partial charge in [-0.3, -0.25) is 4.79 Å². The van der Waals surface area contributed by atoms with Gasteiger partial charge in [-0.15, -0.1) is 0 Å². The van der Waals surface area contributed by atoms with Gasteiger partial charge in [0.1, 0.15) is 6.10 Å². The molecule has 1 fully saturated rings. The molecular weight excluding hydrogens is 258 g/mol. The van der Waals surface area contributed by atoms with Gasteiger partial charge in [0.25, 0.3) is 3.79 Å². The molecule has 0 saturated carbocycles. The number of carbonyl (C=O) groups is 1. The topological polar surface area (TPSA) is 29.6 Å². The van der Waals surface area contributed by atoms with Crippen LogP contribution in [0.15, 0.2) is 30.3 Å². The van der Waals surface area contributed by atoms with E-state index in [1.807, 2.05) is 30.3 Å². The second-order valence-electron chi connectivity index (χ2n) is 3.25. The molecule has 1 saturated heterocycles. The number of hydrogen-bond acceptors (Lipinski definition) is 2. The molecule has 2 nitrogen and oxygen atoms in total. The van der Waals surface area contributed by atoms with Crippen LogP contribution in [-0.2, 0) is 9.53 Å². The molecule has 80 valence electrons. The summed E-state index contributed by atoms with van der Waals surface area (Å²) in [4.78, 5) is 11.5. The van der Waals surface area contributed by atoms with Gasteiger partial charge in [-0.1, -0.05) is 65.1 Å². The van der Waals surface area contributed by atoms with E-state index in [0.717, 1.165) is 5.56 Å². The van der Waals surface area contributed by atoms with E-state index in [4.69, 9.17) is 39.5 Å². The Balaban J connectivity index is 2.06. The van der Waals surface area contributed by atoms with Crippen molar-refractivity contribution in [1.29, 1.82) is 0 Å². The van der Waals surface area contributed by atoms with Gasteiger partial charge in [-0.25, -0.2) is 0 Å². The average Bonchev–Trinajstić information content (AvgIpc) is 2.96. The third kappa shape index (κ3) is 2.45. The Labute approximate surface area is 102 Å². The first-order chi connectivity index (χ1) is 7.00. The number of Topliss-reactive ketones (excluding diaryl/α,β-unsaturated/α-hetero) is 1. The highest BCUT2D eigenvalue weighted by Crippen LogP contribution is 2.44. The van der Waals surface area contributed by atoms with Crippen LogP contribution in [0.25, 0.3) is 0 Å². The standard InChI is InChI=1S/C10H7Cl3O2/c11-10(12,13)9(14)8-7(15-8)6-4-2-1-3-5-6/h1-5,7-8H. The smallest absolute Gasteiger partial charge is 0.251 e. The predicted octanol–water partition coefficient (Wildman–Crippen LogP) is 3.07. The van der Waals surface area contributed by atoms with Crippen molar-refractivity contribution in [2.45, 2.75) is 16.0 Å². The molecule has 0 bridgehead atoms. The third-order valence-electron chi connectivity index (χ3n) is 2.16. The molecule has 0 aliphatic carbocycles. The minimum atomic E-state index is -1.89. The van der Waals surface area contributed by atoms with Gasteiger partial charge < -0.3 is 4.74 Å². The first kappa shape index (κ1) is 11.2. The molecule has 1 aromatic carbocycles.